The first kappa shape index (κ1) is 9.04. The van der Waals surface area contributed by atoms with E-state index in [-0.39, 0.29) is 3.97 Å². The fourth-order valence-corrected chi connectivity index (χ4v) is 1.20. The van der Waals surface area contributed by atoms with Gasteiger partial charge in [-0.3, -0.25) is 0 Å². The number of nitrogens with zero attached hydrogens (tertiary/aromatic N) is 1. The van der Waals surface area contributed by atoms with Crippen LogP contribution in [0.1, 0.15) is 0 Å². The van der Waals surface area contributed by atoms with Crippen LogP contribution in [0.5, 0.6) is 0 Å². The van der Waals surface area contributed by atoms with Crippen molar-refractivity contribution < 1.29 is 25.6 Å². The molecule has 0 saturated heterocycles. The third-order valence-electron chi connectivity index (χ3n) is 1.09. The van der Waals surface area contributed by atoms with Gasteiger partial charge in [0.25, 0.3) is 6.33 Å². The molecule has 0 spiro atoms. The van der Waals surface area contributed by atoms with Crippen molar-refractivity contribution in [2.24, 2.45) is 0 Å². The third kappa shape index (κ3) is 1.29. The van der Waals surface area contributed by atoms with Crippen molar-refractivity contribution in [1.82, 2.24) is 4.98 Å². The molecule has 0 aliphatic heterocycles. The minimum Gasteiger partial charge on any atom is -0.249 e. The number of rotatable bonds is 1. The van der Waals surface area contributed by atoms with Gasteiger partial charge in [-0.2, -0.15) is 21.6 Å². The Morgan fingerprint density at radius 2 is 1.92 bits per heavy atom. The first-order valence-corrected chi connectivity index (χ1v) is 4.15. The molecule has 4 nitrogen and oxygen atoms in total. The molecule has 0 radical (unpaired) electrons. The Hall–Kier alpha value is -1.05. The Balaban J connectivity index is 3.22. The van der Waals surface area contributed by atoms with Crippen molar-refractivity contribution in [2.75, 3.05) is 0 Å². The number of nitrogens with one attached hydrogen (secondary N) is 1. The number of aromatic amines is 1. The molecule has 1 aromatic heterocycles. The van der Waals surface area contributed by atoms with Gasteiger partial charge in [-0.15, -0.1) is 3.97 Å². The summed E-state index contributed by atoms with van der Waals surface area (Å²) in [4.78, 5) is 2.19. The summed E-state index contributed by atoms with van der Waals surface area (Å²) in [5.74, 6) is 0. The van der Waals surface area contributed by atoms with Crippen molar-refractivity contribution in [3.8, 4) is 0 Å². The third-order valence-corrected chi connectivity index (χ3v) is 2.46. The topological polar surface area (TPSA) is 53.8 Å². The van der Waals surface area contributed by atoms with Crippen molar-refractivity contribution in [1.29, 1.82) is 0 Å². The molecular weight excluding hydrogens is 197 g/mol. The van der Waals surface area contributed by atoms with Gasteiger partial charge >= 0.3 is 15.5 Å². The summed E-state index contributed by atoms with van der Waals surface area (Å²) in [6.45, 7) is 0. The van der Waals surface area contributed by atoms with Crippen LogP contribution in [0, 0.1) is 0 Å². The van der Waals surface area contributed by atoms with E-state index in [1.165, 1.54) is 0 Å². The summed E-state index contributed by atoms with van der Waals surface area (Å²) in [7, 11) is -5.25. The number of alkyl halides is 3. The van der Waals surface area contributed by atoms with Crippen LogP contribution in [0.4, 0.5) is 13.2 Å². The quantitative estimate of drug-likeness (QED) is 0.650. The van der Waals surface area contributed by atoms with Gasteiger partial charge in [-0.25, -0.2) is 4.98 Å². The molecule has 8 heteroatoms. The number of hydrogen-bond acceptors (Lipinski definition) is 2. The molecule has 0 aromatic carbocycles. The van der Waals surface area contributed by atoms with Crippen LogP contribution in [-0.4, -0.2) is 18.9 Å². The van der Waals surface area contributed by atoms with Crippen LogP contribution in [0.2, 0.25) is 0 Å². The highest BCUT2D eigenvalue weighted by Crippen LogP contribution is 2.20. The van der Waals surface area contributed by atoms with Crippen LogP contribution in [0.3, 0.4) is 0 Å². The minimum absolute atomic E-state index is 0.0625. The molecule has 0 aliphatic carbocycles. The maximum absolute atomic E-state index is 11.8. The number of aromatic nitrogens is 2. The molecule has 0 fully saturated rings. The van der Waals surface area contributed by atoms with Gasteiger partial charge in [-0.05, 0) is 0 Å². The maximum atomic E-state index is 11.8. The first-order chi connectivity index (χ1) is 5.36. The molecule has 0 aliphatic rings. The van der Waals surface area contributed by atoms with Crippen molar-refractivity contribution in [3.05, 3.63) is 18.7 Å². The number of halogens is 3. The Bertz CT molecular complexity index is 352. The Morgan fingerprint density at radius 1 is 1.33 bits per heavy atom. The minimum atomic E-state index is -5.26. The van der Waals surface area contributed by atoms with Crippen molar-refractivity contribution in [2.45, 2.75) is 5.51 Å². The molecule has 1 heterocycles. The summed E-state index contributed by atoms with van der Waals surface area (Å²) >= 11 is 0. The average Bonchev–Trinajstić information content (AvgIpc) is 2.34. The highest BCUT2D eigenvalue weighted by molar-refractivity contribution is 7.85. The standard InChI is InChI=1S/C4H3F3N2O2S/c5-4(6,7)12(10,11)9-2-1-8-3-9/h1-3H/p+1. The van der Waals surface area contributed by atoms with E-state index < -0.39 is 15.5 Å². The zero-order chi connectivity index (χ0) is 9.41. The van der Waals surface area contributed by atoms with Crippen LogP contribution in [0.25, 0.3) is 0 Å². The van der Waals surface area contributed by atoms with Gasteiger partial charge in [0, 0.05) is 0 Å². The smallest absolute Gasteiger partial charge is 0.249 e. The normalized spacial score (nSPS) is 13.2. The van der Waals surface area contributed by atoms with Crippen LogP contribution < -0.4 is 3.97 Å². The first-order valence-electron chi connectivity index (χ1n) is 2.71. The van der Waals surface area contributed by atoms with E-state index >= 15 is 0 Å². The molecule has 0 unspecified atom stereocenters. The monoisotopic (exact) mass is 201 g/mol. The van der Waals surface area contributed by atoms with E-state index in [1.807, 2.05) is 0 Å². The van der Waals surface area contributed by atoms with Gasteiger partial charge in [-0.1, -0.05) is 0 Å². The SMILES string of the molecule is O=S(=O)([n+]1cc[nH]c1)C(F)(F)F. The molecular formula is C4H4F3N2O2S+. The Kier molecular flexibility index (Phi) is 1.86. The maximum Gasteiger partial charge on any atom is 0.537 e. The number of imidazole rings is 1. The lowest BCUT2D eigenvalue weighted by Gasteiger charge is -2.01. The lowest BCUT2D eigenvalue weighted by molar-refractivity contribution is -0.516. The number of H-pyrrole nitrogens is 1. The number of hydrogen-bond donors (Lipinski definition) is 1. The summed E-state index contributed by atoms with van der Waals surface area (Å²) < 4.78 is 56.4. The van der Waals surface area contributed by atoms with E-state index in [4.69, 9.17) is 0 Å². The second-order valence-electron chi connectivity index (χ2n) is 1.89. The molecule has 68 valence electrons. The molecule has 1 rings (SSSR count). The van der Waals surface area contributed by atoms with Gasteiger partial charge in [0.2, 0.25) is 0 Å². The van der Waals surface area contributed by atoms with E-state index in [0.29, 0.717) is 6.33 Å². The van der Waals surface area contributed by atoms with Gasteiger partial charge in [0.1, 0.15) is 12.4 Å². The van der Waals surface area contributed by atoms with E-state index in [1.54, 1.807) is 0 Å². The Morgan fingerprint density at radius 3 is 2.25 bits per heavy atom. The summed E-state index contributed by atoms with van der Waals surface area (Å²) in [6, 6.07) is 0. The molecule has 0 bridgehead atoms. The zero-order valence-electron chi connectivity index (χ0n) is 5.54. The second kappa shape index (κ2) is 2.47. The predicted molar refractivity (Wildman–Crippen MR) is 31.4 cm³/mol. The van der Waals surface area contributed by atoms with Crippen LogP contribution in [0.15, 0.2) is 18.7 Å². The van der Waals surface area contributed by atoms with Crippen molar-refractivity contribution >= 4 is 10.0 Å². The zero-order valence-corrected chi connectivity index (χ0v) is 6.35. The highest BCUT2D eigenvalue weighted by Gasteiger charge is 2.50. The fourth-order valence-electron chi connectivity index (χ4n) is 0.545. The van der Waals surface area contributed by atoms with Gasteiger partial charge < -0.3 is 0 Å². The summed E-state index contributed by atoms with van der Waals surface area (Å²) in [5.41, 5.74) is -5.26. The lowest BCUT2D eigenvalue weighted by Crippen LogP contribution is -2.49. The fraction of sp³-hybridized carbons (Fsp3) is 0.250. The highest BCUT2D eigenvalue weighted by atomic mass is 32.2. The van der Waals surface area contributed by atoms with Crippen LogP contribution in [-0.2, 0) is 10.0 Å². The van der Waals surface area contributed by atoms with E-state index in [2.05, 4.69) is 4.98 Å². The molecule has 0 amide bonds. The van der Waals surface area contributed by atoms with E-state index in [9.17, 15) is 21.6 Å². The molecule has 0 atom stereocenters. The second-order valence-corrected chi connectivity index (χ2v) is 3.73. The van der Waals surface area contributed by atoms with Crippen LogP contribution >= 0.6 is 0 Å². The van der Waals surface area contributed by atoms with Gasteiger partial charge in [0.05, 0.1) is 0 Å². The lowest BCUT2D eigenvalue weighted by atomic mass is 11.0. The predicted octanol–water partition coefficient (Wildman–Crippen LogP) is -0.000100. The summed E-state index contributed by atoms with van der Waals surface area (Å²) in [6.07, 6.45) is 2.54. The summed E-state index contributed by atoms with van der Waals surface area (Å²) in [5, 5.41) is 0. The molecule has 0 saturated carbocycles. The Labute approximate surface area is 65.7 Å². The van der Waals surface area contributed by atoms with Gasteiger partial charge in [0.15, 0.2) is 0 Å². The molecule has 1 aromatic rings. The van der Waals surface area contributed by atoms with Crippen molar-refractivity contribution in [3.63, 3.8) is 0 Å². The average molecular weight is 201 g/mol. The van der Waals surface area contributed by atoms with E-state index in [0.717, 1.165) is 12.4 Å². The molecule has 12 heavy (non-hydrogen) atoms. The molecule has 1 N–H and O–H groups in total. The largest absolute Gasteiger partial charge is 0.537 e.